The summed E-state index contributed by atoms with van der Waals surface area (Å²) in [7, 11) is 4.98. The monoisotopic (exact) mass is 389 g/mol. The van der Waals surface area contributed by atoms with Gasteiger partial charge in [-0.3, -0.25) is 4.79 Å². The Hall–Kier alpha value is -0.850. The lowest BCUT2D eigenvalue weighted by molar-refractivity contribution is -0.254. The van der Waals surface area contributed by atoms with Gasteiger partial charge in [-0.1, -0.05) is 0 Å². The molecule has 0 aromatic heterocycles. The maximum absolute atomic E-state index is 12.1. The second-order valence-electron chi connectivity index (χ2n) is 7.39. The topological polar surface area (TPSA) is 158 Å². The first-order chi connectivity index (χ1) is 12.8. The third-order valence-electron chi connectivity index (χ3n) is 5.53. The van der Waals surface area contributed by atoms with Gasteiger partial charge in [-0.2, -0.15) is 0 Å². The fourth-order valence-electron chi connectivity index (χ4n) is 3.95. The van der Waals surface area contributed by atoms with Crippen LogP contribution in [0.3, 0.4) is 0 Å². The van der Waals surface area contributed by atoms with Crippen LogP contribution >= 0.6 is 0 Å². The maximum Gasteiger partial charge on any atom is 0.236 e. The van der Waals surface area contributed by atoms with Crippen LogP contribution in [0.15, 0.2) is 0 Å². The molecule has 10 heteroatoms. The molecule has 0 aromatic rings. The van der Waals surface area contributed by atoms with E-state index in [0.29, 0.717) is 13.0 Å². The highest BCUT2D eigenvalue weighted by Gasteiger charge is 2.48. The van der Waals surface area contributed by atoms with E-state index in [0.717, 1.165) is 12.8 Å². The summed E-state index contributed by atoms with van der Waals surface area (Å²) in [4.78, 5) is 13.5. The van der Waals surface area contributed by atoms with Gasteiger partial charge in [0, 0.05) is 26.7 Å². The summed E-state index contributed by atoms with van der Waals surface area (Å²) in [6, 6.07) is -1.41. The third-order valence-corrected chi connectivity index (χ3v) is 5.53. The summed E-state index contributed by atoms with van der Waals surface area (Å²) < 4.78 is 17.5. The van der Waals surface area contributed by atoms with Crippen molar-refractivity contribution in [3.8, 4) is 0 Å². The van der Waals surface area contributed by atoms with Gasteiger partial charge in [0.15, 0.2) is 6.29 Å². The number of aliphatic hydroxyl groups is 1. The van der Waals surface area contributed by atoms with Crippen molar-refractivity contribution in [1.82, 2.24) is 10.2 Å². The largest absolute Gasteiger partial charge is 0.388 e. The molecule has 8 atom stereocenters. The quantitative estimate of drug-likeness (QED) is 0.313. The lowest BCUT2D eigenvalue weighted by atomic mass is 9.83. The maximum atomic E-state index is 12.1. The van der Waals surface area contributed by atoms with Crippen molar-refractivity contribution in [2.24, 2.45) is 17.2 Å². The fourth-order valence-corrected chi connectivity index (χ4v) is 3.95. The molecule has 1 heterocycles. The van der Waals surface area contributed by atoms with E-state index in [1.807, 2.05) is 7.05 Å². The van der Waals surface area contributed by atoms with Crippen LogP contribution in [0.25, 0.3) is 0 Å². The van der Waals surface area contributed by atoms with Crippen LogP contribution in [0.4, 0.5) is 0 Å². The molecule has 2 aliphatic rings. The molecule has 1 aliphatic carbocycles. The van der Waals surface area contributed by atoms with Crippen LogP contribution < -0.4 is 22.5 Å². The van der Waals surface area contributed by atoms with Crippen molar-refractivity contribution in [2.75, 3.05) is 34.3 Å². The predicted octanol–water partition coefficient (Wildman–Crippen LogP) is -2.68. The minimum absolute atomic E-state index is 0.0132. The zero-order valence-electron chi connectivity index (χ0n) is 16.4. The highest BCUT2D eigenvalue weighted by molar-refractivity contribution is 5.78. The summed E-state index contributed by atoms with van der Waals surface area (Å²) in [5.41, 5.74) is 17.9. The smallest absolute Gasteiger partial charge is 0.236 e. The number of hydrogen-bond acceptors (Lipinski definition) is 9. The van der Waals surface area contributed by atoms with Crippen molar-refractivity contribution in [2.45, 2.75) is 68.1 Å². The molecule has 1 amide bonds. The molecule has 0 spiro atoms. The van der Waals surface area contributed by atoms with E-state index < -0.39 is 36.7 Å². The van der Waals surface area contributed by atoms with E-state index >= 15 is 0 Å². The molecular weight excluding hydrogens is 354 g/mol. The number of aliphatic hydroxyl groups excluding tert-OH is 1. The van der Waals surface area contributed by atoms with Gasteiger partial charge >= 0.3 is 0 Å². The summed E-state index contributed by atoms with van der Waals surface area (Å²) in [6.45, 7) is 0.532. The van der Waals surface area contributed by atoms with E-state index in [2.05, 4.69) is 5.32 Å². The molecule has 0 aromatic carbocycles. The van der Waals surface area contributed by atoms with Gasteiger partial charge in [0.2, 0.25) is 5.91 Å². The average molecular weight is 389 g/mol. The number of methoxy groups -OCH3 is 1. The van der Waals surface area contributed by atoms with Crippen LogP contribution in [0.5, 0.6) is 0 Å². The van der Waals surface area contributed by atoms with Gasteiger partial charge in [0.1, 0.15) is 12.2 Å². The minimum atomic E-state index is -1.06. The van der Waals surface area contributed by atoms with E-state index in [1.54, 1.807) is 7.05 Å². The second-order valence-corrected chi connectivity index (χ2v) is 7.39. The van der Waals surface area contributed by atoms with Crippen molar-refractivity contribution in [1.29, 1.82) is 0 Å². The number of carbonyl (C=O) groups is 1. The number of amides is 1. The van der Waals surface area contributed by atoms with Crippen LogP contribution in [0.1, 0.15) is 19.3 Å². The normalized spacial score (nSPS) is 40.0. The van der Waals surface area contributed by atoms with Gasteiger partial charge in [0.05, 0.1) is 30.8 Å². The first kappa shape index (κ1) is 22.4. The fraction of sp³-hybridized carbons (Fsp3) is 0.941. The highest BCUT2D eigenvalue weighted by Crippen LogP contribution is 2.30. The summed E-state index contributed by atoms with van der Waals surface area (Å²) in [6.07, 6.45) is -0.883. The van der Waals surface area contributed by atoms with Gasteiger partial charge in [0.25, 0.3) is 0 Å². The number of likely N-dealkylation sites (N-methyl/N-ethyl adjacent to an activating group) is 2. The molecule has 1 saturated carbocycles. The predicted molar refractivity (Wildman–Crippen MR) is 99.7 cm³/mol. The lowest BCUT2D eigenvalue weighted by Gasteiger charge is -2.48. The molecule has 0 unspecified atom stereocenters. The Balaban J connectivity index is 2.13. The summed E-state index contributed by atoms with van der Waals surface area (Å²) in [5.74, 6) is -0.296. The Bertz CT molecular complexity index is 485. The van der Waals surface area contributed by atoms with E-state index in [9.17, 15) is 9.90 Å². The molecule has 158 valence electrons. The molecule has 8 N–H and O–H groups in total. The van der Waals surface area contributed by atoms with E-state index in [-0.39, 0.29) is 24.6 Å². The zero-order valence-corrected chi connectivity index (χ0v) is 16.4. The third kappa shape index (κ3) is 5.15. The molecule has 1 aliphatic heterocycles. The van der Waals surface area contributed by atoms with Crippen LogP contribution in [0.2, 0.25) is 0 Å². The van der Waals surface area contributed by atoms with Gasteiger partial charge in [-0.15, -0.1) is 0 Å². The van der Waals surface area contributed by atoms with Crippen molar-refractivity contribution in [3.63, 3.8) is 0 Å². The number of nitrogens with one attached hydrogen (secondary N) is 1. The van der Waals surface area contributed by atoms with Gasteiger partial charge in [-0.25, -0.2) is 0 Å². The van der Waals surface area contributed by atoms with Crippen LogP contribution in [-0.4, -0.2) is 99.0 Å². The SMILES string of the molecule is CNC[C@H]1CC[C@H](N)[C@@H](O[C@H]2[C@@H](O)[C@H](N(C)C(=O)CN)[C@@H](OC)C[C@@H]2N)O1. The van der Waals surface area contributed by atoms with Crippen LogP contribution in [-0.2, 0) is 19.0 Å². The molecule has 1 saturated heterocycles. The Labute approximate surface area is 160 Å². The number of carbonyl (C=O) groups excluding carboxylic acids is 1. The lowest BCUT2D eigenvalue weighted by Crippen LogP contribution is -2.67. The highest BCUT2D eigenvalue weighted by atomic mass is 16.7. The zero-order chi connectivity index (χ0) is 20.1. The Kier molecular flexibility index (Phi) is 8.38. The standard InChI is InChI=1S/C17H35N5O5/c1-21-8-9-4-5-10(19)17(26-9)27-16-11(20)6-12(25-3)14(15(16)24)22(2)13(23)7-18/h9-12,14-17,21,24H,4-8,18-20H2,1-3H3/t9-,10+,11+,12+,14-,15+,16-,17-/m1/s1. The van der Waals surface area contributed by atoms with E-state index in [4.69, 9.17) is 31.4 Å². The number of ether oxygens (including phenoxy) is 3. The molecule has 0 radical (unpaired) electrons. The first-order valence-corrected chi connectivity index (χ1v) is 9.47. The van der Waals surface area contributed by atoms with Crippen molar-refractivity contribution < 1.29 is 24.1 Å². The summed E-state index contributed by atoms with van der Waals surface area (Å²) >= 11 is 0. The first-order valence-electron chi connectivity index (χ1n) is 9.47. The number of rotatable bonds is 7. The minimum Gasteiger partial charge on any atom is -0.388 e. The molecule has 10 nitrogen and oxygen atoms in total. The number of nitrogens with two attached hydrogens (primary N) is 3. The van der Waals surface area contributed by atoms with Gasteiger partial charge < -0.3 is 46.7 Å². The van der Waals surface area contributed by atoms with Crippen LogP contribution in [0, 0.1) is 0 Å². The average Bonchev–Trinajstić information content (AvgIpc) is 2.65. The van der Waals surface area contributed by atoms with Gasteiger partial charge in [-0.05, 0) is 26.3 Å². The Morgan fingerprint density at radius 1 is 1.33 bits per heavy atom. The molecule has 27 heavy (non-hydrogen) atoms. The molecule has 2 fully saturated rings. The second kappa shape index (κ2) is 10.1. The molecule has 2 rings (SSSR count). The Morgan fingerprint density at radius 3 is 2.63 bits per heavy atom. The van der Waals surface area contributed by atoms with E-state index in [1.165, 1.54) is 12.0 Å². The molecule has 0 bridgehead atoms. The van der Waals surface area contributed by atoms with Crippen molar-refractivity contribution >= 4 is 5.91 Å². The van der Waals surface area contributed by atoms with Crippen molar-refractivity contribution in [3.05, 3.63) is 0 Å². The summed E-state index contributed by atoms with van der Waals surface area (Å²) in [5, 5.41) is 14.1. The molecular formula is C17H35N5O5. The number of hydrogen-bond donors (Lipinski definition) is 5. The number of nitrogens with zero attached hydrogens (tertiary/aromatic N) is 1. The Morgan fingerprint density at radius 2 is 2.04 bits per heavy atom.